The molecule has 108 valence electrons. The van der Waals surface area contributed by atoms with Crippen LogP contribution >= 0.6 is 39.0 Å². The molecule has 0 unspecified atom stereocenters. The third kappa shape index (κ3) is 2.47. The third-order valence-electron chi connectivity index (χ3n) is 3.25. The number of carbonyl (C=O) groups excluding carboxylic acids is 1. The predicted molar refractivity (Wildman–Crippen MR) is 95.7 cm³/mol. The second-order valence-corrected chi connectivity index (χ2v) is 7.74. The lowest BCUT2D eigenvalue weighted by molar-refractivity contribution is 0.104. The quantitative estimate of drug-likeness (QED) is 0.604. The third-order valence-corrected chi connectivity index (χ3v) is 5.79. The summed E-state index contributed by atoms with van der Waals surface area (Å²) in [6, 6.07) is 13.6. The molecule has 2 aromatic carbocycles. The Kier molecular flexibility index (Phi) is 3.52. The number of anilines is 1. The van der Waals surface area contributed by atoms with Crippen LogP contribution in [0.3, 0.4) is 0 Å². The number of nitrogens with zero attached hydrogens (tertiary/aromatic N) is 1. The molecule has 1 N–H and O–H groups in total. The van der Waals surface area contributed by atoms with Crippen molar-refractivity contribution >= 4 is 60.2 Å². The van der Waals surface area contributed by atoms with Crippen molar-refractivity contribution in [2.75, 3.05) is 5.32 Å². The lowest BCUT2D eigenvalue weighted by Crippen LogP contribution is -1.97. The molecule has 0 bridgehead atoms. The van der Waals surface area contributed by atoms with E-state index in [1.54, 1.807) is 17.5 Å². The van der Waals surface area contributed by atoms with E-state index in [1.807, 2.05) is 42.5 Å². The zero-order valence-electron chi connectivity index (χ0n) is 11.2. The number of hydrogen-bond donors (Lipinski definition) is 1. The maximum atomic E-state index is 12.3. The first-order chi connectivity index (χ1) is 10.7. The van der Waals surface area contributed by atoms with E-state index in [2.05, 4.69) is 26.2 Å². The van der Waals surface area contributed by atoms with Crippen LogP contribution in [-0.2, 0) is 0 Å². The zero-order valence-corrected chi connectivity index (χ0v) is 14.4. The fourth-order valence-corrected chi connectivity index (χ4v) is 4.58. The molecule has 0 aliphatic carbocycles. The molecule has 0 amide bonds. The summed E-state index contributed by atoms with van der Waals surface area (Å²) < 4.78 is 2.13. The van der Waals surface area contributed by atoms with Gasteiger partial charge in [-0.25, -0.2) is 4.98 Å². The second kappa shape index (κ2) is 5.53. The van der Waals surface area contributed by atoms with E-state index in [9.17, 15) is 4.79 Å². The van der Waals surface area contributed by atoms with Crippen molar-refractivity contribution in [1.82, 2.24) is 4.98 Å². The van der Waals surface area contributed by atoms with Gasteiger partial charge in [-0.2, -0.15) is 0 Å². The maximum Gasteiger partial charge on any atom is 0.202 e. The number of benzene rings is 2. The van der Waals surface area contributed by atoms with Crippen LogP contribution in [-0.4, -0.2) is 10.8 Å². The van der Waals surface area contributed by atoms with Crippen LogP contribution in [0, 0.1) is 0 Å². The Labute approximate surface area is 143 Å². The first-order valence-corrected chi connectivity index (χ1v) is 8.98. The average molecular weight is 389 g/mol. The Hall–Kier alpha value is -1.63. The van der Waals surface area contributed by atoms with Crippen LogP contribution in [0.1, 0.15) is 10.4 Å². The molecule has 0 spiro atoms. The molecule has 0 fully saturated rings. The molecule has 4 rings (SSSR count). The minimum Gasteiger partial charge on any atom is -0.337 e. The highest BCUT2D eigenvalue weighted by Crippen LogP contribution is 2.39. The zero-order chi connectivity index (χ0) is 15.1. The molecule has 0 saturated heterocycles. The molecule has 1 aliphatic heterocycles. The molecule has 1 aromatic heterocycles. The van der Waals surface area contributed by atoms with Gasteiger partial charge in [-0.3, -0.25) is 4.79 Å². The van der Waals surface area contributed by atoms with Crippen LogP contribution < -0.4 is 5.32 Å². The van der Waals surface area contributed by atoms with Gasteiger partial charge in [0.25, 0.3) is 0 Å². The average Bonchev–Trinajstić information content (AvgIpc) is 3.06. The standard InChI is InChI=1S/C16H9BrN2OS2/c17-9-5-6-11-13(7-9)22-16(19-11)18-8-14-15(20)10-3-1-2-4-12(10)21-14/h1-8H,(H,18,19)/b14-8-. The molecular formula is C16H9BrN2OS2. The van der Waals surface area contributed by atoms with E-state index in [0.717, 1.165) is 30.3 Å². The minimum atomic E-state index is 0.0666. The van der Waals surface area contributed by atoms with E-state index >= 15 is 0 Å². The molecule has 0 saturated carbocycles. The van der Waals surface area contributed by atoms with Gasteiger partial charge in [0.05, 0.1) is 15.1 Å². The summed E-state index contributed by atoms with van der Waals surface area (Å²) in [5.41, 5.74) is 1.72. The highest BCUT2D eigenvalue weighted by atomic mass is 79.9. The summed E-state index contributed by atoms with van der Waals surface area (Å²) in [5.74, 6) is 0.0666. The van der Waals surface area contributed by atoms with Gasteiger partial charge in [0.1, 0.15) is 0 Å². The Balaban J connectivity index is 1.60. The first kappa shape index (κ1) is 14.0. The van der Waals surface area contributed by atoms with Gasteiger partial charge in [-0.1, -0.05) is 51.2 Å². The Morgan fingerprint density at radius 3 is 2.91 bits per heavy atom. The fraction of sp³-hybridized carbons (Fsp3) is 0. The Bertz CT molecular complexity index is 933. The minimum absolute atomic E-state index is 0.0666. The molecule has 3 nitrogen and oxygen atoms in total. The van der Waals surface area contributed by atoms with E-state index in [-0.39, 0.29) is 5.78 Å². The SMILES string of the molecule is O=C1/C(=C/Nc2nc3ccc(Br)cc3s2)Sc2ccccc21. The highest BCUT2D eigenvalue weighted by Gasteiger charge is 2.25. The number of aromatic nitrogens is 1. The number of nitrogens with one attached hydrogen (secondary N) is 1. The van der Waals surface area contributed by atoms with Crippen molar-refractivity contribution in [2.24, 2.45) is 0 Å². The lowest BCUT2D eigenvalue weighted by Gasteiger charge is -1.95. The number of Topliss-reactive ketones (excluding diaryl/α,β-unsaturated/α-hetero) is 1. The van der Waals surface area contributed by atoms with Crippen LogP contribution in [0.15, 0.2) is 62.9 Å². The fourth-order valence-electron chi connectivity index (χ4n) is 2.22. The maximum absolute atomic E-state index is 12.3. The summed E-state index contributed by atoms with van der Waals surface area (Å²) in [6.45, 7) is 0. The van der Waals surface area contributed by atoms with Crippen molar-refractivity contribution < 1.29 is 4.79 Å². The number of fused-ring (bicyclic) bond motifs is 2. The summed E-state index contributed by atoms with van der Waals surface area (Å²) in [4.78, 5) is 18.5. The summed E-state index contributed by atoms with van der Waals surface area (Å²) >= 11 is 6.51. The topological polar surface area (TPSA) is 42.0 Å². The van der Waals surface area contributed by atoms with Crippen molar-refractivity contribution in [1.29, 1.82) is 0 Å². The Morgan fingerprint density at radius 1 is 1.18 bits per heavy atom. The molecule has 6 heteroatoms. The van der Waals surface area contributed by atoms with Gasteiger partial charge in [0.15, 0.2) is 5.13 Å². The number of rotatable bonds is 2. The van der Waals surface area contributed by atoms with Crippen LogP contribution in [0.5, 0.6) is 0 Å². The largest absolute Gasteiger partial charge is 0.337 e. The van der Waals surface area contributed by atoms with Gasteiger partial charge < -0.3 is 5.32 Å². The van der Waals surface area contributed by atoms with E-state index in [4.69, 9.17) is 0 Å². The molecule has 3 aromatic rings. The number of thiazole rings is 1. The highest BCUT2D eigenvalue weighted by molar-refractivity contribution is 9.10. The number of thioether (sulfide) groups is 1. The van der Waals surface area contributed by atoms with Gasteiger partial charge in [0.2, 0.25) is 5.78 Å². The number of halogens is 1. The Morgan fingerprint density at radius 2 is 2.05 bits per heavy atom. The van der Waals surface area contributed by atoms with E-state index in [0.29, 0.717) is 4.91 Å². The molecule has 22 heavy (non-hydrogen) atoms. The monoisotopic (exact) mass is 388 g/mol. The summed E-state index contributed by atoms with van der Waals surface area (Å²) in [6.07, 6.45) is 1.75. The number of ketones is 1. The van der Waals surface area contributed by atoms with Crippen LogP contribution in [0.4, 0.5) is 5.13 Å². The number of carbonyl (C=O) groups is 1. The van der Waals surface area contributed by atoms with Gasteiger partial charge >= 0.3 is 0 Å². The molecule has 0 atom stereocenters. The van der Waals surface area contributed by atoms with Crippen LogP contribution in [0.2, 0.25) is 0 Å². The van der Waals surface area contributed by atoms with E-state index < -0.39 is 0 Å². The van der Waals surface area contributed by atoms with Crippen molar-refractivity contribution in [3.63, 3.8) is 0 Å². The number of hydrogen-bond acceptors (Lipinski definition) is 5. The summed E-state index contributed by atoms with van der Waals surface area (Å²) in [5, 5.41) is 3.93. The molecular weight excluding hydrogens is 380 g/mol. The predicted octanol–water partition coefficient (Wildman–Crippen LogP) is 5.30. The van der Waals surface area contributed by atoms with Crippen molar-refractivity contribution in [3.8, 4) is 0 Å². The van der Waals surface area contributed by atoms with E-state index in [1.165, 1.54) is 11.8 Å². The van der Waals surface area contributed by atoms with Crippen LogP contribution in [0.25, 0.3) is 10.2 Å². The van der Waals surface area contributed by atoms with Gasteiger partial charge in [0, 0.05) is 21.1 Å². The van der Waals surface area contributed by atoms with Crippen molar-refractivity contribution in [3.05, 3.63) is 63.6 Å². The van der Waals surface area contributed by atoms with Gasteiger partial charge in [-0.05, 0) is 30.3 Å². The normalized spacial score (nSPS) is 15.5. The number of allylic oxidation sites excluding steroid dienone is 1. The lowest BCUT2D eigenvalue weighted by atomic mass is 10.1. The molecule has 1 aliphatic rings. The van der Waals surface area contributed by atoms with Crippen molar-refractivity contribution in [2.45, 2.75) is 4.90 Å². The molecule has 2 heterocycles. The molecule has 0 radical (unpaired) electrons. The smallest absolute Gasteiger partial charge is 0.202 e. The first-order valence-electron chi connectivity index (χ1n) is 6.55. The van der Waals surface area contributed by atoms with Gasteiger partial charge in [-0.15, -0.1) is 0 Å². The summed E-state index contributed by atoms with van der Waals surface area (Å²) in [7, 11) is 0. The second-order valence-electron chi connectivity index (χ2n) is 4.71.